The minimum absolute atomic E-state index is 0.104. The van der Waals surface area contributed by atoms with E-state index in [-0.39, 0.29) is 25.7 Å². The van der Waals surface area contributed by atoms with Gasteiger partial charge in [0.15, 0.2) is 12.2 Å². The highest BCUT2D eigenvalue weighted by Crippen LogP contribution is 2.45. The first kappa shape index (κ1) is 99.1. The Morgan fingerprint density at radius 2 is 0.475 bits per heavy atom. The maximum atomic E-state index is 13.1. The Labute approximate surface area is 619 Å². The van der Waals surface area contributed by atoms with Crippen LogP contribution in [0.15, 0.2) is 0 Å². The normalized spacial score (nSPS) is 14.5. The fourth-order valence-electron chi connectivity index (χ4n) is 12.5. The summed E-state index contributed by atoms with van der Waals surface area (Å²) in [5, 5.41) is 10.6. The van der Waals surface area contributed by atoms with Crippen molar-refractivity contribution in [3.05, 3.63) is 0 Å². The minimum atomic E-state index is -4.96. The van der Waals surface area contributed by atoms with E-state index < -0.39 is 97.5 Å². The fraction of sp³-hybridized carbons (Fsp3) is 0.951. The van der Waals surface area contributed by atoms with Crippen LogP contribution in [-0.2, 0) is 65.4 Å². The number of rotatable bonds is 79. The van der Waals surface area contributed by atoms with Gasteiger partial charge in [0.05, 0.1) is 26.4 Å². The topological polar surface area (TPSA) is 237 Å². The van der Waals surface area contributed by atoms with Gasteiger partial charge in [0.25, 0.3) is 0 Å². The van der Waals surface area contributed by atoms with Gasteiger partial charge in [0, 0.05) is 25.7 Å². The van der Waals surface area contributed by atoms with Crippen LogP contribution in [0.2, 0.25) is 0 Å². The lowest BCUT2D eigenvalue weighted by molar-refractivity contribution is -0.161. The van der Waals surface area contributed by atoms with E-state index >= 15 is 0 Å². The molecule has 0 aromatic heterocycles. The van der Waals surface area contributed by atoms with E-state index in [0.717, 1.165) is 114 Å². The van der Waals surface area contributed by atoms with Gasteiger partial charge in [-0.25, -0.2) is 9.13 Å². The van der Waals surface area contributed by atoms with E-state index in [4.69, 9.17) is 37.0 Å². The lowest BCUT2D eigenvalue weighted by Gasteiger charge is -2.21. The average Bonchev–Trinajstić information content (AvgIpc) is 2.42. The molecule has 600 valence electrons. The number of phosphoric acid groups is 2. The molecule has 0 aromatic rings. The van der Waals surface area contributed by atoms with Crippen molar-refractivity contribution in [1.29, 1.82) is 0 Å². The van der Waals surface area contributed by atoms with Gasteiger partial charge in [-0.15, -0.1) is 0 Å². The van der Waals surface area contributed by atoms with Crippen LogP contribution < -0.4 is 0 Å². The summed E-state index contributed by atoms with van der Waals surface area (Å²) in [4.78, 5) is 73.0. The van der Waals surface area contributed by atoms with Crippen LogP contribution in [-0.4, -0.2) is 96.7 Å². The van der Waals surface area contributed by atoms with E-state index in [9.17, 15) is 43.2 Å². The maximum Gasteiger partial charge on any atom is 0.472 e. The highest BCUT2D eigenvalue weighted by molar-refractivity contribution is 7.47. The van der Waals surface area contributed by atoms with Crippen LogP contribution >= 0.6 is 15.6 Å². The van der Waals surface area contributed by atoms with Gasteiger partial charge < -0.3 is 33.8 Å². The van der Waals surface area contributed by atoms with Crippen molar-refractivity contribution >= 4 is 39.5 Å². The van der Waals surface area contributed by atoms with E-state index in [0.29, 0.717) is 31.6 Å². The van der Waals surface area contributed by atoms with Crippen molar-refractivity contribution in [1.82, 2.24) is 0 Å². The monoisotopic (exact) mass is 1480 g/mol. The van der Waals surface area contributed by atoms with Crippen LogP contribution in [0, 0.1) is 23.7 Å². The molecular formula is C82H160O17P2. The van der Waals surface area contributed by atoms with E-state index in [1.165, 1.54) is 218 Å². The summed E-state index contributed by atoms with van der Waals surface area (Å²) in [6, 6.07) is 0. The largest absolute Gasteiger partial charge is 0.472 e. The first-order valence-electron chi connectivity index (χ1n) is 42.3. The second kappa shape index (κ2) is 71.0. The lowest BCUT2D eigenvalue weighted by atomic mass is 9.99. The smallest absolute Gasteiger partial charge is 0.462 e. The van der Waals surface area contributed by atoms with Crippen LogP contribution in [0.3, 0.4) is 0 Å². The third-order valence-electron chi connectivity index (χ3n) is 19.8. The Morgan fingerprint density at radius 3 is 0.703 bits per heavy atom. The Bertz CT molecular complexity index is 1980. The highest BCUT2D eigenvalue weighted by atomic mass is 31.2. The quantitative estimate of drug-likeness (QED) is 0.0222. The van der Waals surface area contributed by atoms with Crippen molar-refractivity contribution in [3.63, 3.8) is 0 Å². The minimum Gasteiger partial charge on any atom is -0.462 e. The Balaban J connectivity index is 5.20. The predicted molar refractivity (Wildman–Crippen MR) is 414 cm³/mol. The van der Waals surface area contributed by atoms with E-state index in [1.54, 1.807) is 0 Å². The van der Waals surface area contributed by atoms with Gasteiger partial charge in [0.2, 0.25) is 0 Å². The number of unbranched alkanes of at least 4 members (excludes halogenated alkanes) is 43. The molecule has 0 amide bonds. The molecule has 0 aliphatic rings. The van der Waals surface area contributed by atoms with Gasteiger partial charge in [-0.2, -0.15) is 0 Å². The Kier molecular flexibility index (Phi) is 69.6. The van der Waals surface area contributed by atoms with Crippen molar-refractivity contribution in [3.8, 4) is 0 Å². The molecule has 101 heavy (non-hydrogen) atoms. The third kappa shape index (κ3) is 73.4. The molecule has 0 aromatic carbocycles. The molecule has 4 unspecified atom stereocenters. The SMILES string of the molecule is CCC(C)CCCCCCCCCCCCCCCCCCCCC(=O)O[C@H](COC(=O)CCCCCCCCCCCCCCCCC(C)CC)COP(=O)(O)OC[C@@H](O)COP(=O)(O)OC[C@@H](COC(=O)CCCCCCCCC(C)C)OC(=O)CCCCCCCCCCCC(C)C. The second-order valence-electron chi connectivity index (χ2n) is 31.0. The summed E-state index contributed by atoms with van der Waals surface area (Å²) in [5.41, 5.74) is 0. The number of esters is 4. The summed E-state index contributed by atoms with van der Waals surface area (Å²) in [5.74, 6) is 1.02. The molecule has 0 heterocycles. The average molecular weight is 1480 g/mol. The number of aliphatic hydroxyl groups is 1. The van der Waals surface area contributed by atoms with Gasteiger partial charge in [-0.3, -0.25) is 37.3 Å². The van der Waals surface area contributed by atoms with Gasteiger partial charge in [-0.05, 0) is 49.4 Å². The number of ether oxygens (including phenoxy) is 4. The zero-order valence-corrected chi connectivity index (χ0v) is 68.3. The fourth-order valence-corrected chi connectivity index (χ4v) is 14.1. The third-order valence-corrected chi connectivity index (χ3v) is 21.7. The number of phosphoric ester groups is 2. The molecule has 0 radical (unpaired) electrons. The Morgan fingerprint density at radius 1 is 0.277 bits per heavy atom. The molecule has 0 saturated heterocycles. The summed E-state index contributed by atoms with van der Waals surface area (Å²) in [7, 11) is -9.92. The molecule has 0 fully saturated rings. The van der Waals surface area contributed by atoms with Crippen LogP contribution in [0.25, 0.3) is 0 Å². The zero-order valence-electron chi connectivity index (χ0n) is 66.5. The molecule has 17 nitrogen and oxygen atoms in total. The first-order valence-corrected chi connectivity index (χ1v) is 45.3. The molecule has 3 N–H and O–H groups in total. The molecule has 7 atom stereocenters. The standard InChI is InChI=1S/C82H160O17P2/c1-9-74(7)60-52-44-35-29-23-19-15-13-11-12-14-16-22-26-32-38-48-56-64-81(86)98-77(68-92-79(84)62-54-46-37-31-25-21-18-17-20-24-30-36-45-53-61-75(8)10-2)70-96-100(88,89)94-66-76(83)67-95-101(90,91)97-71-78(69-93-80(85)63-55-47-41-40-43-51-59-73(5)6)99-82(87)65-57-49-39-33-27-28-34-42-50-58-72(3)4/h72-78,83H,9-71H2,1-8H3,(H,88,89)(H,90,91)/t74?,75?,76-,77-,78-/m1/s1. The van der Waals surface area contributed by atoms with Crippen LogP contribution in [0.4, 0.5) is 0 Å². The maximum absolute atomic E-state index is 13.1. The number of carbonyl (C=O) groups is 4. The number of aliphatic hydroxyl groups excluding tert-OH is 1. The van der Waals surface area contributed by atoms with Gasteiger partial charge in [0.1, 0.15) is 19.3 Å². The molecular weight excluding hydrogens is 1320 g/mol. The number of hydrogen-bond acceptors (Lipinski definition) is 15. The molecule has 19 heteroatoms. The predicted octanol–water partition coefficient (Wildman–Crippen LogP) is 24.4. The summed E-state index contributed by atoms with van der Waals surface area (Å²) < 4.78 is 68.7. The Hall–Kier alpha value is -1.94. The van der Waals surface area contributed by atoms with Crippen LogP contribution in [0.1, 0.15) is 421 Å². The zero-order chi connectivity index (χ0) is 74.6. The van der Waals surface area contributed by atoms with Crippen molar-refractivity contribution in [2.45, 2.75) is 440 Å². The second-order valence-corrected chi connectivity index (χ2v) is 33.9. The molecule has 0 aliphatic carbocycles. The first-order chi connectivity index (χ1) is 48.7. The highest BCUT2D eigenvalue weighted by Gasteiger charge is 2.30. The van der Waals surface area contributed by atoms with Gasteiger partial charge in [-0.1, -0.05) is 370 Å². The van der Waals surface area contributed by atoms with E-state index in [1.807, 2.05) is 0 Å². The number of carbonyl (C=O) groups excluding carboxylic acids is 4. The lowest BCUT2D eigenvalue weighted by Crippen LogP contribution is -2.30. The van der Waals surface area contributed by atoms with Crippen molar-refractivity contribution in [2.75, 3.05) is 39.6 Å². The molecule has 0 rings (SSSR count). The van der Waals surface area contributed by atoms with Crippen LogP contribution in [0.5, 0.6) is 0 Å². The molecule has 0 spiro atoms. The number of hydrogen-bond donors (Lipinski definition) is 3. The summed E-state index contributed by atoms with van der Waals surface area (Å²) in [6.45, 7) is 14.3. The van der Waals surface area contributed by atoms with Crippen molar-refractivity contribution < 1.29 is 80.2 Å². The van der Waals surface area contributed by atoms with Gasteiger partial charge >= 0.3 is 39.5 Å². The molecule has 0 saturated carbocycles. The molecule has 0 aliphatic heterocycles. The molecule has 0 bridgehead atoms. The van der Waals surface area contributed by atoms with E-state index in [2.05, 4.69) is 55.4 Å². The summed E-state index contributed by atoms with van der Waals surface area (Å²) >= 11 is 0. The summed E-state index contributed by atoms with van der Waals surface area (Å²) in [6.07, 6.45) is 58.5. The van der Waals surface area contributed by atoms with Crippen molar-refractivity contribution in [2.24, 2.45) is 23.7 Å².